The molecule has 0 aromatic carbocycles. The summed E-state index contributed by atoms with van der Waals surface area (Å²) in [6, 6.07) is 0. The average Bonchev–Trinajstić information content (AvgIpc) is 2.00. The van der Waals surface area contributed by atoms with Gasteiger partial charge in [-0.05, 0) is 27.2 Å². The summed E-state index contributed by atoms with van der Waals surface area (Å²) in [4.78, 5) is 11.5. The van der Waals surface area contributed by atoms with Gasteiger partial charge < -0.3 is 16.2 Å². The van der Waals surface area contributed by atoms with Crippen molar-refractivity contribution in [3.8, 4) is 0 Å². The highest BCUT2D eigenvalue weighted by Crippen LogP contribution is 2.14. The number of hydrogen-bond acceptors (Lipinski definition) is 4. The lowest BCUT2D eigenvalue weighted by atomic mass is 9.98. The Kier molecular flexibility index (Phi) is 3.88. The molecule has 0 saturated carbocycles. The highest BCUT2D eigenvalue weighted by Gasteiger charge is 2.34. The van der Waals surface area contributed by atoms with Crippen molar-refractivity contribution in [2.24, 2.45) is 11.5 Å². The average molecular weight is 188 g/mol. The third-order valence-corrected chi connectivity index (χ3v) is 1.80. The van der Waals surface area contributed by atoms with Gasteiger partial charge in [0.15, 0.2) is 0 Å². The molecule has 0 aromatic rings. The molecule has 78 valence electrons. The van der Waals surface area contributed by atoms with Crippen molar-refractivity contribution in [2.75, 3.05) is 6.54 Å². The topological polar surface area (TPSA) is 78.3 Å². The first-order valence-electron chi connectivity index (χ1n) is 4.47. The van der Waals surface area contributed by atoms with Crippen LogP contribution in [0.3, 0.4) is 0 Å². The van der Waals surface area contributed by atoms with Crippen molar-refractivity contribution in [3.05, 3.63) is 0 Å². The van der Waals surface area contributed by atoms with Crippen molar-refractivity contribution in [2.45, 2.75) is 45.3 Å². The molecule has 0 aliphatic heterocycles. The Morgan fingerprint density at radius 1 is 1.38 bits per heavy atom. The zero-order valence-electron chi connectivity index (χ0n) is 8.89. The molecule has 0 radical (unpaired) electrons. The number of hydrogen-bond donors (Lipinski definition) is 2. The molecule has 1 unspecified atom stereocenters. The van der Waals surface area contributed by atoms with Crippen LogP contribution in [0.25, 0.3) is 0 Å². The molecule has 0 aliphatic rings. The molecule has 0 aromatic heterocycles. The SMILES string of the molecule is CCC(N)(CN)C(=O)OC(C)(C)C. The maximum absolute atomic E-state index is 11.5. The predicted molar refractivity (Wildman–Crippen MR) is 52.1 cm³/mol. The molecule has 0 saturated heterocycles. The van der Waals surface area contributed by atoms with E-state index in [-0.39, 0.29) is 6.54 Å². The van der Waals surface area contributed by atoms with Crippen LogP contribution in [0.2, 0.25) is 0 Å². The van der Waals surface area contributed by atoms with E-state index in [0.717, 1.165) is 0 Å². The fourth-order valence-electron chi connectivity index (χ4n) is 0.752. The minimum Gasteiger partial charge on any atom is -0.459 e. The molecule has 1 atom stereocenters. The van der Waals surface area contributed by atoms with E-state index in [1.807, 2.05) is 6.92 Å². The van der Waals surface area contributed by atoms with E-state index >= 15 is 0 Å². The molecule has 0 rings (SSSR count). The molecule has 4 nitrogen and oxygen atoms in total. The van der Waals surface area contributed by atoms with E-state index in [4.69, 9.17) is 16.2 Å². The molecule has 0 heterocycles. The number of carbonyl (C=O) groups excluding carboxylic acids is 1. The van der Waals surface area contributed by atoms with Gasteiger partial charge in [-0.3, -0.25) is 0 Å². The largest absolute Gasteiger partial charge is 0.459 e. The Morgan fingerprint density at radius 2 is 1.85 bits per heavy atom. The Labute approximate surface area is 79.6 Å². The monoisotopic (exact) mass is 188 g/mol. The number of rotatable bonds is 3. The molecule has 0 aliphatic carbocycles. The Hall–Kier alpha value is -0.610. The highest BCUT2D eigenvalue weighted by molar-refractivity contribution is 5.81. The number of ether oxygens (including phenoxy) is 1. The highest BCUT2D eigenvalue weighted by atomic mass is 16.6. The quantitative estimate of drug-likeness (QED) is 0.628. The molecule has 4 heteroatoms. The molecule has 4 N–H and O–H groups in total. The molecular formula is C9H20N2O2. The first-order valence-corrected chi connectivity index (χ1v) is 4.47. The summed E-state index contributed by atoms with van der Waals surface area (Å²) in [5.41, 5.74) is 9.62. The molecule has 0 spiro atoms. The van der Waals surface area contributed by atoms with Crippen LogP contribution in [-0.2, 0) is 9.53 Å². The molecule has 0 bridgehead atoms. The van der Waals surface area contributed by atoms with E-state index in [2.05, 4.69) is 0 Å². The number of carbonyl (C=O) groups is 1. The van der Waals surface area contributed by atoms with Crippen molar-refractivity contribution < 1.29 is 9.53 Å². The summed E-state index contributed by atoms with van der Waals surface area (Å²) >= 11 is 0. The van der Waals surface area contributed by atoms with Gasteiger partial charge in [0.25, 0.3) is 0 Å². The molecule has 0 fully saturated rings. The van der Waals surface area contributed by atoms with Crippen LogP contribution in [0, 0.1) is 0 Å². The Bertz CT molecular complexity index is 181. The second-order valence-electron chi connectivity index (χ2n) is 4.22. The first kappa shape index (κ1) is 12.4. The van der Waals surface area contributed by atoms with Crippen molar-refractivity contribution in [3.63, 3.8) is 0 Å². The Balaban J connectivity index is 4.41. The van der Waals surface area contributed by atoms with Crippen molar-refractivity contribution >= 4 is 5.97 Å². The normalized spacial score (nSPS) is 16.5. The fraction of sp³-hybridized carbons (Fsp3) is 0.889. The number of esters is 1. The van der Waals surface area contributed by atoms with Crippen molar-refractivity contribution in [1.82, 2.24) is 0 Å². The zero-order chi connectivity index (χ0) is 10.7. The van der Waals surface area contributed by atoms with Crippen LogP contribution >= 0.6 is 0 Å². The summed E-state index contributed by atoms with van der Waals surface area (Å²) in [5.74, 6) is -0.426. The third-order valence-electron chi connectivity index (χ3n) is 1.80. The standard InChI is InChI=1S/C9H20N2O2/c1-5-9(11,6-10)7(12)13-8(2,3)4/h5-6,10-11H2,1-4H3. The van der Waals surface area contributed by atoms with Gasteiger partial charge in [-0.25, -0.2) is 4.79 Å². The van der Waals surface area contributed by atoms with E-state index in [9.17, 15) is 4.79 Å². The van der Waals surface area contributed by atoms with Gasteiger partial charge in [0.1, 0.15) is 11.1 Å². The minimum atomic E-state index is -1.03. The van der Waals surface area contributed by atoms with Gasteiger partial charge in [-0.2, -0.15) is 0 Å². The smallest absolute Gasteiger partial charge is 0.327 e. The summed E-state index contributed by atoms with van der Waals surface area (Å²) in [6.07, 6.45) is 0.485. The van der Waals surface area contributed by atoms with Gasteiger partial charge in [0, 0.05) is 6.54 Å². The van der Waals surface area contributed by atoms with Crippen LogP contribution in [0.4, 0.5) is 0 Å². The first-order chi connectivity index (χ1) is 5.75. The van der Waals surface area contributed by atoms with E-state index in [0.29, 0.717) is 6.42 Å². The second kappa shape index (κ2) is 4.07. The fourth-order valence-corrected chi connectivity index (χ4v) is 0.752. The molecule has 13 heavy (non-hydrogen) atoms. The summed E-state index contributed by atoms with van der Waals surface area (Å²) in [7, 11) is 0. The zero-order valence-corrected chi connectivity index (χ0v) is 8.89. The van der Waals surface area contributed by atoms with Gasteiger partial charge in [-0.1, -0.05) is 6.92 Å². The summed E-state index contributed by atoms with van der Waals surface area (Å²) < 4.78 is 5.14. The minimum absolute atomic E-state index is 0.110. The van der Waals surface area contributed by atoms with E-state index in [1.54, 1.807) is 20.8 Å². The van der Waals surface area contributed by atoms with E-state index in [1.165, 1.54) is 0 Å². The van der Waals surface area contributed by atoms with Gasteiger partial charge >= 0.3 is 5.97 Å². The van der Waals surface area contributed by atoms with E-state index < -0.39 is 17.1 Å². The van der Waals surface area contributed by atoms with Crippen LogP contribution < -0.4 is 11.5 Å². The maximum atomic E-state index is 11.5. The third kappa shape index (κ3) is 3.74. The van der Waals surface area contributed by atoms with Gasteiger partial charge in [0.05, 0.1) is 0 Å². The lowest BCUT2D eigenvalue weighted by Crippen LogP contribution is -2.55. The second-order valence-corrected chi connectivity index (χ2v) is 4.22. The van der Waals surface area contributed by atoms with Crippen molar-refractivity contribution in [1.29, 1.82) is 0 Å². The van der Waals surface area contributed by atoms with Crippen LogP contribution in [-0.4, -0.2) is 23.7 Å². The Morgan fingerprint density at radius 3 is 2.08 bits per heavy atom. The van der Waals surface area contributed by atoms with Crippen LogP contribution in [0.15, 0.2) is 0 Å². The maximum Gasteiger partial charge on any atom is 0.327 e. The summed E-state index contributed by atoms with van der Waals surface area (Å²) in [6.45, 7) is 7.34. The lowest BCUT2D eigenvalue weighted by molar-refractivity contribution is -0.161. The number of nitrogens with two attached hydrogens (primary N) is 2. The summed E-state index contributed by atoms with van der Waals surface area (Å²) in [5, 5.41) is 0. The van der Waals surface area contributed by atoms with Gasteiger partial charge in [-0.15, -0.1) is 0 Å². The lowest BCUT2D eigenvalue weighted by Gasteiger charge is -2.29. The molecular weight excluding hydrogens is 168 g/mol. The predicted octanol–water partition coefficient (Wildman–Crippen LogP) is 0.394. The molecule has 0 amide bonds. The van der Waals surface area contributed by atoms with Crippen LogP contribution in [0.1, 0.15) is 34.1 Å². The van der Waals surface area contributed by atoms with Crippen LogP contribution in [0.5, 0.6) is 0 Å². The van der Waals surface area contributed by atoms with Gasteiger partial charge in [0.2, 0.25) is 0 Å².